The van der Waals surface area contributed by atoms with Gasteiger partial charge in [-0.3, -0.25) is 0 Å². The molecule has 0 bridgehead atoms. The molecule has 0 heterocycles. The van der Waals surface area contributed by atoms with Crippen LogP contribution >= 0.6 is 0 Å². The average Bonchev–Trinajstić information content (AvgIpc) is 2.42. The zero-order valence-electron chi connectivity index (χ0n) is 11.4. The Morgan fingerprint density at radius 1 is 1.00 bits per heavy atom. The second-order valence-corrected chi connectivity index (χ2v) is 5.52. The zero-order valence-corrected chi connectivity index (χ0v) is 11.4. The Morgan fingerprint density at radius 2 is 1.58 bits per heavy atom. The molecule has 0 spiro atoms. The minimum Gasteiger partial charge on any atom is -0.327 e. The molecule has 0 amide bonds. The third kappa shape index (κ3) is 3.21. The van der Waals surface area contributed by atoms with Crippen LogP contribution in [0.25, 0.3) is 0 Å². The van der Waals surface area contributed by atoms with Crippen molar-refractivity contribution in [1.29, 1.82) is 0 Å². The Morgan fingerprint density at radius 3 is 2.16 bits per heavy atom. The van der Waals surface area contributed by atoms with Crippen LogP contribution in [0.4, 0.5) is 4.39 Å². The molecule has 2 aromatic carbocycles. The molecule has 0 radical (unpaired) electrons. The van der Waals surface area contributed by atoms with E-state index < -0.39 is 0 Å². The van der Waals surface area contributed by atoms with Gasteiger partial charge in [-0.05, 0) is 29.7 Å². The minimum absolute atomic E-state index is 0.0136. The fourth-order valence-electron chi connectivity index (χ4n) is 2.21. The highest BCUT2D eigenvalue weighted by Gasteiger charge is 2.28. The van der Waals surface area contributed by atoms with Gasteiger partial charge in [0.15, 0.2) is 0 Å². The van der Waals surface area contributed by atoms with Crippen molar-refractivity contribution in [2.24, 2.45) is 5.73 Å². The molecule has 0 saturated carbocycles. The van der Waals surface area contributed by atoms with E-state index in [0.29, 0.717) is 0 Å². The second kappa shape index (κ2) is 5.54. The van der Waals surface area contributed by atoms with Crippen LogP contribution in [0.1, 0.15) is 25.0 Å². The summed E-state index contributed by atoms with van der Waals surface area (Å²) in [5, 5.41) is 0. The molecule has 0 aliphatic carbocycles. The molecule has 0 aromatic heterocycles. The Hall–Kier alpha value is -1.67. The van der Waals surface area contributed by atoms with Crippen molar-refractivity contribution in [3.8, 4) is 0 Å². The van der Waals surface area contributed by atoms with Crippen LogP contribution in [0.3, 0.4) is 0 Å². The number of nitrogens with two attached hydrogens (primary N) is 1. The van der Waals surface area contributed by atoms with Gasteiger partial charge in [0.25, 0.3) is 0 Å². The fourth-order valence-corrected chi connectivity index (χ4v) is 2.21. The second-order valence-electron chi connectivity index (χ2n) is 5.52. The van der Waals surface area contributed by atoms with Crippen LogP contribution in [0.15, 0.2) is 54.6 Å². The van der Waals surface area contributed by atoms with Crippen LogP contribution in [0, 0.1) is 5.82 Å². The van der Waals surface area contributed by atoms with Crippen molar-refractivity contribution in [2.75, 3.05) is 0 Å². The van der Waals surface area contributed by atoms with E-state index in [4.69, 9.17) is 5.73 Å². The number of hydrogen-bond acceptors (Lipinski definition) is 1. The van der Waals surface area contributed by atoms with Gasteiger partial charge in [0.05, 0.1) is 0 Å². The van der Waals surface area contributed by atoms with Crippen molar-refractivity contribution in [1.82, 2.24) is 0 Å². The van der Waals surface area contributed by atoms with E-state index in [0.717, 1.165) is 12.0 Å². The lowest BCUT2D eigenvalue weighted by Gasteiger charge is -2.32. The summed E-state index contributed by atoms with van der Waals surface area (Å²) >= 11 is 0. The maximum absolute atomic E-state index is 12.9. The lowest BCUT2D eigenvalue weighted by atomic mass is 9.76. The maximum Gasteiger partial charge on any atom is 0.123 e. The number of hydrogen-bond donors (Lipinski definition) is 1. The molecule has 2 N–H and O–H groups in total. The molecule has 2 aromatic rings. The number of benzene rings is 2. The largest absolute Gasteiger partial charge is 0.327 e. The molecular weight excluding hydrogens is 237 g/mol. The molecule has 100 valence electrons. The summed E-state index contributed by atoms with van der Waals surface area (Å²) in [6.07, 6.45) is 0.738. The molecular formula is C17H20FN. The molecule has 0 saturated heterocycles. The zero-order chi connectivity index (χ0) is 13.9. The smallest absolute Gasteiger partial charge is 0.123 e. The standard InChI is InChI=1S/C17H20FN/c1-17(2,14-6-4-3-5-7-14)16(19)12-13-8-10-15(18)11-9-13/h3-11,16H,12,19H2,1-2H3. The van der Waals surface area contributed by atoms with Crippen molar-refractivity contribution >= 4 is 0 Å². The lowest BCUT2D eigenvalue weighted by Crippen LogP contribution is -2.42. The van der Waals surface area contributed by atoms with E-state index in [-0.39, 0.29) is 17.3 Å². The predicted molar refractivity (Wildman–Crippen MR) is 77.5 cm³/mol. The first-order valence-electron chi connectivity index (χ1n) is 6.55. The molecule has 2 heteroatoms. The highest BCUT2D eigenvalue weighted by molar-refractivity contribution is 5.27. The Balaban J connectivity index is 2.15. The maximum atomic E-state index is 12.9. The van der Waals surface area contributed by atoms with E-state index in [2.05, 4.69) is 26.0 Å². The average molecular weight is 257 g/mol. The molecule has 1 nitrogen and oxygen atoms in total. The predicted octanol–water partition coefficient (Wildman–Crippen LogP) is 3.67. The van der Waals surface area contributed by atoms with Crippen LogP contribution in [0.5, 0.6) is 0 Å². The Labute approximate surface area is 114 Å². The third-order valence-electron chi connectivity index (χ3n) is 3.81. The van der Waals surface area contributed by atoms with E-state index >= 15 is 0 Å². The van der Waals surface area contributed by atoms with Gasteiger partial charge >= 0.3 is 0 Å². The van der Waals surface area contributed by atoms with Crippen molar-refractivity contribution in [3.63, 3.8) is 0 Å². The summed E-state index contributed by atoms with van der Waals surface area (Å²) in [5.41, 5.74) is 8.54. The summed E-state index contributed by atoms with van der Waals surface area (Å²) in [6, 6.07) is 16.8. The summed E-state index contributed by atoms with van der Waals surface area (Å²) in [7, 11) is 0. The fraction of sp³-hybridized carbons (Fsp3) is 0.294. The number of rotatable bonds is 4. The van der Waals surface area contributed by atoms with E-state index in [1.165, 1.54) is 17.7 Å². The van der Waals surface area contributed by atoms with Gasteiger partial charge in [-0.2, -0.15) is 0 Å². The van der Waals surface area contributed by atoms with Crippen LogP contribution < -0.4 is 5.73 Å². The third-order valence-corrected chi connectivity index (χ3v) is 3.81. The molecule has 19 heavy (non-hydrogen) atoms. The summed E-state index contributed by atoms with van der Waals surface area (Å²) in [6.45, 7) is 4.30. The highest BCUT2D eigenvalue weighted by atomic mass is 19.1. The van der Waals surface area contributed by atoms with Gasteiger partial charge in [0.1, 0.15) is 5.82 Å². The van der Waals surface area contributed by atoms with Gasteiger partial charge < -0.3 is 5.73 Å². The highest BCUT2D eigenvalue weighted by Crippen LogP contribution is 2.27. The molecule has 0 aliphatic rings. The van der Waals surface area contributed by atoms with Crippen molar-refractivity contribution in [2.45, 2.75) is 31.7 Å². The minimum atomic E-state index is -0.209. The van der Waals surface area contributed by atoms with Crippen LogP contribution in [-0.2, 0) is 11.8 Å². The van der Waals surface area contributed by atoms with Gasteiger partial charge in [-0.15, -0.1) is 0 Å². The van der Waals surface area contributed by atoms with Crippen LogP contribution in [-0.4, -0.2) is 6.04 Å². The van der Waals surface area contributed by atoms with Gasteiger partial charge in [0, 0.05) is 11.5 Å². The first-order valence-corrected chi connectivity index (χ1v) is 6.55. The molecule has 2 rings (SSSR count). The topological polar surface area (TPSA) is 26.0 Å². The first kappa shape index (κ1) is 13.8. The summed E-state index contributed by atoms with van der Waals surface area (Å²) in [4.78, 5) is 0. The first-order chi connectivity index (χ1) is 9.00. The molecule has 1 atom stereocenters. The molecule has 0 fully saturated rings. The quantitative estimate of drug-likeness (QED) is 0.888. The van der Waals surface area contributed by atoms with E-state index in [1.807, 2.05) is 18.2 Å². The van der Waals surface area contributed by atoms with E-state index in [1.54, 1.807) is 12.1 Å². The Bertz CT molecular complexity index is 517. The summed E-state index contributed by atoms with van der Waals surface area (Å²) in [5.74, 6) is -0.209. The molecule has 0 aliphatic heterocycles. The van der Waals surface area contributed by atoms with Gasteiger partial charge in [0.2, 0.25) is 0 Å². The lowest BCUT2D eigenvalue weighted by molar-refractivity contribution is 0.406. The SMILES string of the molecule is CC(C)(c1ccccc1)C(N)Cc1ccc(F)cc1. The monoisotopic (exact) mass is 257 g/mol. The summed E-state index contributed by atoms with van der Waals surface area (Å²) < 4.78 is 12.9. The van der Waals surface area contributed by atoms with Crippen molar-refractivity contribution < 1.29 is 4.39 Å². The van der Waals surface area contributed by atoms with Gasteiger partial charge in [-0.1, -0.05) is 56.3 Å². The number of halogens is 1. The van der Waals surface area contributed by atoms with E-state index in [9.17, 15) is 4.39 Å². The van der Waals surface area contributed by atoms with Gasteiger partial charge in [-0.25, -0.2) is 4.39 Å². The normalized spacial score (nSPS) is 13.3. The van der Waals surface area contributed by atoms with Crippen molar-refractivity contribution in [3.05, 3.63) is 71.5 Å². The Kier molecular flexibility index (Phi) is 4.01. The molecule has 1 unspecified atom stereocenters. The van der Waals surface area contributed by atoms with Crippen LogP contribution in [0.2, 0.25) is 0 Å².